The molecule has 2 heterocycles. The maximum Gasteiger partial charge on any atom is 0.0353 e. The normalized spacial score (nSPS) is 11.2. The molecule has 2 nitrogen and oxygen atoms in total. The molecule has 0 bridgehead atoms. The highest BCUT2D eigenvalue weighted by Gasteiger charge is 2.13. The van der Waals surface area contributed by atoms with Crippen LogP contribution >= 0.6 is 0 Å². The zero-order chi connectivity index (χ0) is 9.54. The van der Waals surface area contributed by atoms with Crippen molar-refractivity contribution in [2.45, 2.75) is 6.92 Å². The van der Waals surface area contributed by atoms with Gasteiger partial charge in [0.15, 0.2) is 0 Å². The molecule has 2 heteroatoms. The Morgan fingerprint density at radius 1 is 1.14 bits per heavy atom. The zero-order valence-electron chi connectivity index (χ0n) is 7.91. The van der Waals surface area contributed by atoms with Gasteiger partial charge < -0.3 is 4.98 Å². The van der Waals surface area contributed by atoms with Crippen LogP contribution in [0.25, 0.3) is 21.9 Å². The largest absolute Gasteiger partial charge is 0.367 e. The fourth-order valence-electron chi connectivity index (χ4n) is 2.06. The van der Waals surface area contributed by atoms with E-state index in [2.05, 4.69) is 29.0 Å². The number of fused-ring (bicyclic) bond motifs is 3. The molecule has 0 fully saturated rings. The molecule has 1 N–H and O–H groups in total. The molecule has 1 aliphatic carbocycles. The number of pyridine rings is 2. The second kappa shape index (κ2) is 2.58. The van der Waals surface area contributed by atoms with Crippen LogP contribution in [-0.4, -0.2) is 9.97 Å². The molecular weight excluding hydrogens is 172 g/mol. The molecule has 68 valence electrons. The van der Waals surface area contributed by atoms with Crippen molar-refractivity contribution in [3.05, 3.63) is 42.5 Å². The van der Waals surface area contributed by atoms with Gasteiger partial charge >= 0.3 is 0 Å². The van der Waals surface area contributed by atoms with Gasteiger partial charge in [0.05, 0.1) is 0 Å². The van der Waals surface area contributed by atoms with Gasteiger partial charge in [-0.05, 0) is 35.6 Å². The van der Waals surface area contributed by atoms with Crippen LogP contribution in [-0.2, 0) is 0 Å². The Hall–Kier alpha value is -1.83. The van der Waals surface area contributed by atoms with Gasteiger partial charge in [-0.2, -0.15) is 0 Å². The van der Waals surface area contributed by atoms with Gasteiger partial charge in [0, 0.05) is 35.7 Å². The summed E-state index contributed by atoms with van der Waals surface area (Å²) in [4.78, 5) is 7.28. The molecule has 1 aliphatic heterocycles. The molecule has 0 aromatic carbocycles. The lowest BCUT2D eigenvalue weighted by Crippen LogP contribution is -1.77. The van der Waals surface area contributed by atoms with Crippen molar-refractivity contribution in [3.63, 3.8) is 0 Å². The first-order valence-corrected chi connectivity index (χ1v) is 4.67. The van der Waals surface area contributed by atoms with Crippen LogP contribution in [0.2, 0.25) is 0 Å². The summed E-state index contributed by atoms with van der Waals surface area (Å²) in [6.45, 7) is 2.16. The lowest BCUT2D eigenvalue weighted by Gasteiger charge is -1.98. The van der Waals surface area contributed by atoms with Crippen molar-refractivity contribution < 1.29 is 0 Å². The number of nitrogens with one attached hydrogen (secondary N) is 1. The van der Waals surface area contributed by atoms with Crippen LogP contribution < -0.4 is 0 Å². The van der Waals surface area contributed by atoms with E-state index in [1.807, 2.05) is 24.8 Å². The summed E-state index contributed by atoms with van der Waals surface area (Å²) in [7, 11) is 0. The van der Waals surface area contributed by atoms with E-state index in [1.165, 1.54) is 27.5 Å². The maximum absolute atomic E-state index is 4.16. The Kier molecular flexibility index (Phi) is 1.39. The summed E-state index contributed by atoms with van der Waals surface area (Å²) >= 11 is 0. The highest BCUT2D eigenvalue weighted by Crippen LogP contribution is 2.36. The molecule has 1 aromatic heterocycles. The third-order valence-corrected chi connectivity index (χ3v) is 2.78. The van der Waals surface area contributed by atoms with Crippen molar-refractivity contribution in [1.82, 2.24) is 9.97 Å². The summed E-state index contributed by atoms with van der Waals surface area (Å²) in [5.41, 5.74) is 3.91. The Bertz CT molecular complexity index is 566. The Balaban J connectivity index is 2.61. The molecule has 3 rings (SSSR count). The Morgan fingerprint density at radius 2 is 2.07 bits per heavy atom. The molecule has 0 spiro atoms. The molecule has 14 heavy (non-hydrogen) atoms. The number of H-pyrrole nitrogens is 1. The van der Waals surface area contributed by atoms with E-state index in [0.29, 0.717) is 0 Å². The van der Waals surface area contributed by atoms with Gasteiger partial charge in [-0.3, -0.25) is 4.98 Å². The third-order valence-electron chi connectivity index (χ3n) is 2.78. The van der Waals surface area contributed by atoms with E-state index in [-0.39, 0.29) is 0 Å². The molecule has 2 aliphatic rings. The monoisotopic (exact) mass is 182 g/mol. The van der Waals surface area contributed by atoms with E-state index in [9.17, 15) is 0 Å². The Labute approximate surface area is 81.9 Å². The second-order valence-electron chi connectivity index (χ2n) is 3.52. The van der Waals surface area contributed by atoms with Crippen LogP contribution in [0.4, 0.5) is 0 Å². The quantitative estimate of drug-likeness (QED) is 0.569. The van der Waals surface area contributed by atoms with Crippen molar-refractivity contribution >= 4 is 10.8 Å². The van der Waals surface area contributed by atoms with Crippen LogP contribution in [0.15, 0.2) is 36.9 Å². The molecular formula is C12H10N2. The van der Waals surface area contributed by atoms with Crippen molar-refractivity contribution in [2.24, 2.45) is 0 Å². The molecule has 0 radical (unpaired) electrons. The van der Waals surface area contributed by atoms with Crippen molar-refractivity contribution in [1.29, 1.82) is 0 Å². The molecule has 0 atom stereocenters. The fourth-order valence-corrected chi connectivity index (χ4v) is 2.06. The Morgan fingerprint density at radius 3 is 3.00 bits per heavy atom. The smallest absolute Gasteiger partial charge is 0.0353 e. The summed E-state index contributed by atoms with van der Waals surface area (Å²) in [6.07, 6.45) is 7.77. The highest BCUT2D eigenvalue weighted by molar-refractivity contribution is 6.04. The molecule has 0 saturated carbocycles. The minimum absolute atomic E-state index is 1.23. The number of aromatic amines is 1. The molecule has 0 unspecified atom stereocenters. The van der Waals surface area contributed by atoms with E-state index in [1.54, 1.807) is 0 Å². The third kappa shape index (κ3) is 0.826. The minimum atomic E-state index is 1.23. The zero-order valence-corrected chi connectivity index (χ0v) is 7.91. The lowest BCUT2D eigenvalue weighted by atomic mass is 10.1. The first-order chi connectivity index (χ1) is 6.88. The first-order valence-electron chi connectivity index (χ1n) is 4.67. The summed E-state index contributed by atoms with van der Waals surface area (Å²) in [5.74, 6) is 0. The summed E-state index contributed by atoms with van der Waals surface area (Å²) in [6, 6.07) is 4.19. The number of aromatic nitrogens is 2. The van der Waals surface area contributed by atoms with Crippen LogP contribution in [0.1, 0.15) is 5.56 Å². The minimum Gasteiger partial charge on any atom is -0.367 e. The van der Waals surface area contributed by atoms with Gasteiger partial charge in [-0.1, -0.05) is 0 Å². The average molecular weight is 182 g/mol. The fraction of sp³-hybridized carbons (Fsp3) is 0.0833. The maximum atomic E-state index is 4.16. The summed E-state index contributed by atoms with van der Waals surface area (Å²) < 4.78 is 0. The van der Waals surface area contributed by atoms with Crippen LogP contribution in [0, 0.1) is 6.92 Å². The van der Waals surface area contributed by atoms with Crippen LogP contribution in [0.5, 0.6) is 0 Å². The molecule has 0 amide bonds. The topological polar surface area (TPSA) is 28.7 Å². The molecule has 1 aromatic rings. The predicted molar refractivity (Wildman–Crippen MR) is 57.5 cm³/mol. The van der Waals surface area contributed by atoms with Gasteiger partial charge in [-0.15, -0.1) is 0 Å². The predicted octanol–water partition coefficient (Wildman–Crippen LogP) is 2.98. The second-order valence-corrected chi connectivity index (χ2v) is 3.52. The summed E-state index contributed by atoms with van der Waals surface area (Å²) in [5, 5.41) is 2.53. The highest BCUT2D eigenvalue weighted by atomic mass is 14.6. The van der Waals surface area contributed by atoms with Gasteiger partial charge in [0.2, 0.25) is 0 Å². The van der Waals surface area contributed by atoms with Crippen molar-refractivity contribution in [2.75, 3.05) is 0 Å². The number of aryl methyl sites for hydroxylation is 1. The first kappa shape index (κ1) is 7.56. The molecule has 0 saturated heterocycles. The van der Waals surface area contributed by atoms with E-state index < -0.39 is 0 Å². The van der Waals surface area contributed by atoms with E-state index in [0.717, 1.165) is 0 Å². The van der Waals surface area contributed by atoms with Gasteiger partial charge in [0.25, 0.3) is 0 Å². The number of rotatable bonds is 0. The SMILES string of the molecule is Cc1c2cc[nH]cc-2c2cnccc12. The van der Waals surface area contributed by atoms with Crippen molar-refractivity contribution in [3.8, 4) is 11.1 Å². The van der Waals surface area contributed by atoms with Gasteiger partial charge in [0.1, 0.15) is 0 Å². The van der Waals surface area contributed by atoms with E-state index in [4.69, 9.17) is 0 Å². The number of hydrogen-bond donors (Lipinski definition) is 1. The average Bonchev–Trinajstić information content (AvgIpc) is 2.55. The van der Waals surface area contributed by atoms with Gasteiger partial charge in [-0.25, -0.2) is 0 Å². The standard InChI is InChI=1S/C12H10N2/c1-8-9-2-4-13-6-11(9)12-7-14-5-3-10(8)12/h2-7,13H,1H3. The lowest BCUT2D eigenvalue weighted by molar-refractivity contribution is 1.33. The number of nitrogens with zero attached hydrogens (tertiary/aromatic N) is 1. The van der Waals surface area contributed by atoms with Crippen LogP contribution in [0.3, 0.4) is 0 Å². The van der Waals surface area contributed by atoms with E-state index >= 15 is 0 Å². The number of hydrogen-bond acceptors (Lipinski definition) is 1.